The zero-order chi connectivity index (χ0) is 24.5. The molecule has 0 fully saturated rings. The van der Waals surface area contributed by atoms with Gasteiger partial charge >= 0.3 is 0 Å². The molecule has 5 heteroatoms. The fraction of sp³-hybridized carbons (Fsp3) is 0.200. The average molecular weight is 476 g/mol. The Kier molecular flexibility index (Phi) is 4.77. The maximum Gasteiger partial charge on any atom is 0.149 e. The number of aromatic nitrogens is 3. The van der Waals surface area contributed by atoms with Gasteiger partial charge in [-0.15, -0.1) is 0 Å². The van der Waals surface area contributed by atoms with Crippen LogP contribution in [0.1, 0.15) is 17.0 Å². The van der Waals surface area contributed by atoms with Crippen molar-refractivity contribution < 1.29 is 4.42 Å². The van der Waals surface area contributed by atoms with Crippen LogP contribution in [0.4, 0.5) is 0 Å². The topological polar surface area (TPSA) is 43.9 Å². The number of para-hydroxylation sites is 2. The van der Waals surface area contributed by atoms with Crippen molar-refractivity contribution in [3.8, 4) is 17.1 Å². The molecule has 6 rings (SSSR count). The van der Waals surface area contributed by atoms with E-state index < -0.39 is 8.07 Å². The number of aryl methyl sites for hydroxylation is 3. The second-order valence-electron chi connectivity index (χ2n) is 10.5. The summed E-state index contributed by atoms with van der Waals surface area (Å²) in [6.07, 6.45) is 0. The summed E-state index contributed by atoms with van der Waals surface area (Å²) in [6.45, 7) is 13.3. The first-order valence-electron chi connectivity index (χ1n) is 12.1. The highest BCUT2D eigenvalue weighted by Crippen LogP contribution is 2.38. The molecule has 0 saturated heterocycles. The van der Waals surface area contributed by atoms with Crippen LogP contribution in [0, 0.1) is 20.8 Å². The molecule has 35 heavy (non-hydrogen) atoms. The standard InChI is InChI=1S/C30H29N3OSi/c1-18-19(2)31-20(3)27-28(18)33(21-11-8-7-9-12-21)30(32-27)25-14-10-13-24-23-16-15-22(35(4,5)6)17-26(23)34-29(24)25/h7-17H,1-6H3. The molecule has 3 aromatic carbocycles. The predicted molar refractivity (Wildman–Crippen MR) is 149 cm³/mol. The van der Waals surface area contributed by atoms with Crippen LogP contribution in [-0.2, 0) is 0 Å². The summed E-state index contributed by atoms with van der Waals surface area (Å²) >= 11 is 0. The minimum Gasteiger partial charge on any atom is -0.455 e. The summed E-state index contributed by atoms with van der Waals surface area (Å²) < 4.78 is 8.86. The van der Waals surface area contributed by atoms with Gasteiger partial charge in [0.25, 0.3) is 0 Å². The highest BCUT2D eigenvalue weighted by Gasteiger charge is 2.23. The molecule has 174 valence electrons. The van der Waals surface area contributed by atoms with Gasteiger partial charge in [0.15, 0.2) is 0 Å². The molecule has 0 unspecified atom stereocenters. The van der Waals surface area contributed by atoms with E-state index in [0.717, 1.165) is 67.0 Å². The van der Waals surface area contributed by atoms with Gasteiger partial charge in [0.05, 0.1) is 24.8 Å². The first kappa shape index (κ1) is 21.8. The number of pyridine rings is 1. The molecule has 0 radical (unpaired) electrons. The lowest BCUT2D eigenvalue weighted by Crippen LogP contribution is -2.37. The molecule has 4 nitrogen and oxygen atoms in total. The van der Waals surface area contributed by atoms with Gasteiger partial charge in [0, 0.05) is 22.2 Å². The molecule has 0 spiro atoms. The minimum atomic E-state index is -1.45. The molecular formula is C30H29N3OSi. The Balaban J connectivity index is 1.72. The molecule has 0 atom stereocenters. The Hall–Kier alpha value is -3.70. The van der Waals surface area contributed by atoms with Crippen molar-refractivity contribution in [1.29, 1.82) is 0 Å². The third-order valence-electron chi connectivity index (χ3n) is 7.07. The number of imidazole rings is 1. The van der Waals surface area contributed by atoms with Gasteiger partial charge in [-0.1, -0.05) is 67.3 Å². The smallest absolute Gasteiger partial charge is 0.149 e. The lowest BCUT2D eigenvalue weighted by molar-refractivity contribution is 0.669. The van der Waals surface area contributed by atoms with Crippen molar-refractivity contribution in [3.63, 3.8) is 0 Å². The van der Waals surface area contributed by atoms with Crippen LogP contribution in [0.25, 0.3) is 50.0 Å². The van der Waals surface area contributed by atoms with Crippen LogP contribution in [0.3, 0.4) is 0 Å². The third-order valence-corrected chi connectivity index (χ3v) is 9.12. The monoisotopic (exact) mass is 475 g/mol. The van der Waals surface area contributed by atoms with E-state index in [9.17, 15) is 0 Å². The number of benzene rings is 3. The quantitative estimate of drug-likeness (QED) is 0.250. The van der Waals surface area contributed by atoms with E-state index in [-0.39, 0.29) is 0 Å². The number of furan rings is 1. The molecule has 6 aromatic rings. The number of hydrogen-bond acceptors (Lipinski definition) is 3. The highest BCUT2D eigenvalue weighted by molar-refractivity contribution is 6.88. The van der Waals surface area contributed by atoms with Crippen molar-refractivity contribution in [2.75, 3.05) is 0 Å². The number of nitrogens with zero attached hydrogens (tertiary/aromatic N) is 3. The minimum absolute atomic E-state index is 0.875. The van der Waals surface area contributed by atoms with Gasteiger partial charge in [-0.25, -0.2) is 4.98 Å². The number of hydrogen-bond donors (Lipinski definition) is 0. The van der Waals surface area contributed by atoms with Crippen molar-refractivity contribution >= 4 is 46.2 Å². The van der Waals surface area contributed by atoms with Crippen molar-refractivity contribution in [3.05, 3.63) is 83.7 Å². The second kappa shape index (κ2) is 7.65. The van der Waals surface area contributed by atoms with E-state index >= 15 is 0 Å². The van der Waals surface area contributed by atoms with Crippen LogP contribution in [-0.4, -0.2) is 22.6 Å². The zero-order valence-corrected chi connectivity index (χ0v) is 22.1. The molecule has 0 aliphatic rings. The summed E-state index contributed by atoms with van der Waals surface area (Å²) in [6, 6.07) is 23.6. The molecule has 3 heterocycles. The molecule has 0 aliphatic carbocycles. The van der Waals surface area contributed by atoms with Gasteiger partial charge < -0.3 is 4.42 Å². The third kappa shape index (κ3) is 3.33. The predicted octanol–water partition coefficient (Wildman–Crippen LogP) is 7.46. The SMILES string of the molecule is Cc1nc(C)c2nc(-c3cccc4c3oc3cc([Si](C)(C)C)ccc34)n(-c3ccccc3)c2c1C. The van der Waals surface area contributed by atoms with Crippen LogP contribution in [0.5, 0.6) is 0 Å². The highest BCUT2D eigenvalue weighted by atomic mass is 28.3. The van der Waals surface area contributed by atoms with E-state index in [1.807, 2.05) is 13.0 Å². The number of fused-ring (bicyclic) bond motifs is 4. The largest absolute Gasteiger partial charge is 0.455 e. The molecule has 0 N–H and O–H groups in total. The maximum atomic E-state index is 6.60. The molecule has 0 amide bonds. The normalized spacial score (nSPS) is 12.3. The summed E-state index contributed by atoms with van der Waals surface area (Å²) in [5, 5.41) is 3.67. The molecule has 0 saturated carbocycles. The Labute approximate surface area is 206 Å². The first-order chi connectivity index (χ1) is 16.7. The van der Waals surface area contributed by atoms with E-state index in [1.54, 1.807) is 0 Å². The Bertz CT molecular complexity index is 1750. The van der Waals surface area contributed by atoms with Gasteiger partial charge in [0.1, 0.15) is 22.5 Å². The zero-order valence-electron chi connectivity index (χ0n) is 21.1. The van der Waals surface area contributed by atoms with E-state index in [0.29, 0.717) is 0 Å². The van der Waals surface area contributed by atoms with Crippen molar-refractivity contribution in [2.24, 2.45) is 0 Å². The van der Waals surface area contributed by atoms with Gasteiger partial charge in [-0.3, -0.25) is 9.55 Å². The molecule has 3 aromatic heterocycles. The lowest BCUT2D eigenvalue weighted by Gasteiger charge is -2.15. The summed E-state index contributed by atoms with van der Waals surface area (Å²) in [5.41, 5.74) is 9.03. The molecule has 0 aliphatic heterocycles. The van der Waals surface area contributed by atoms with Crippen LogP contribution >= 0.6 is 0 Å². The van der Waals surface area contributed by atoms with Gasteiger partial charge in [-0.2, -0.15) is 0 Å². The van der Waals surface area contributed by atoms with E-state index in [1.165, 1.54) is 5.19 Å². The van der Waals surface area contributed by atoms with Gasteiger partial charge in [0.2, 0.25) is 0 Å². The molecule has 0 bridgehead atoms. The van der Waals surface area contributed by atoms with E-state index in [2.05, 4.69) is 98.7 Å². The fourth-order valence-corrected chi connectivity index (χ4v) is 6.18. The van der Waals surface area contributed by atoms with Crippen LogP contribution < -0.4 is 5.19 Å². The summed E-state index contributed by atoms with van der Waals surface area (Å²) in [4.78, 5) is 9.96. The van der Waals surface area contributed by atoms with Crippen molar-refractivity contribution in [2.45, 2.75) is 40.4 Å². The second-order valence-corrected chi connectivity index (χ2v) is 15.5. The van der Waals surface area contributed by atoms with E-state index in [4.69, 9.17) is 14.4 Å². The van der Waals surface area contributed by atoms with Crippen LogP contribution in [0.2, 0.25) is 19.6 Å². The van der Waals surface area contributed by atoms with Crippen molar-refractivity contribution in [1.82, 2.24) is 14.5 Å². The fourth-order valence-electron chi connectivity index (χ4n) is 5.03. The number of rotatable bonds is 3. The summed E-state index contributed by atoms with van der Waals surface area (Å²) in [7, 11) is -1.45. The first-order valence-corrected chi connectivity index (χ1v) is 15.6. The lowest BCUT2D eigenvalue weighted by atomic mass is 10.1. The Morgan fingerprint density at radius 3 is 2.29 bits per heavy atom. The Morgan fingerprint density at radius 1 is 0.771 bits per heavy atom. The maximum absolute atomic E-state index is 6.60. The Morgan fingerprint density at radius 2 is 1.54 bits per heavy atom. The summed E-state index contributed by atoms with van der Waals surface area (Å²) in [5.74, 6) is 0.875. The molecular weight excluding hydrogens is 446 g/mol. The average Bonchev–Trinajstić information content (AvgIpc) is 3.41. The van der Waals surface area contributed by atoms with Gasteiger partial charge in [-0.05, 0) is 50.6 Å². The van der Waals surface area contributed by atoms with Crippen LogP contribution in [0.15, 0.2) is 71.1 Å².